The summed E-state index contributed by atoms with van der Waals surface area (Å²) < 4.78 is 22.4. The minimum atomic E-state index is -0.722. The van der Waals surface area contributed by atoms with Crippen LogP contribution in [-0.4, -0.2) is 13.0 Å². The van der Waals surface area contributed by atoms with Crippen LogP contribution in [0.25, 0.3) is 0 Å². The normalized spacial score (nSPS) is 21.2. The van der Waals surface area contributed by atoms with E-state index in [-0.39, 0.29) is 0 Å². The molecular weight excluding hydrogens is 159 g/mol. The summed E-state index contributed by atoms with van der Waals surface area (Å²) in [6, 6.07) is 7.49. The second kappa shape index (κ2) is 3.11. The van der Waals surface area contributed by atoms with Crippen LogP contribution in [-0.2, 0) is 11.3 Å². The molecule has 0 saturated carbocycles. The number of alkyl halides is 1. The maximum atomic E-state index is 12.1. The van der Waals surface area contributed by atoms with E-state index in [2.05, 4.69) is 0 Å². The minimum absolute atomic E-state index is 0.435. The van der Waals surface area contributed by atoms with E-state index in [1.54, 1.807) is 0 Å². The Kier molecular flexibility index (Phi) is 1.96. The zero-order valence-corrected chi connectivity index (χ0v) is 6.50. The van der Waals surface area contributed by atoms with Crippen LogP contribution in [0, 0.1) is 0 Å². The van der Waals surface area contributed by atoms with E-state index in [4.69, 9.17) is 9.47 Å². The monoisotopic (exact) mass is 168 g/mol. The van der Waals surface area contributed by atoms with Crippen LogP contribution in [0.5, 0.6) is 5.75 Å². The van der Waals surface area contributed by atoms with Crippen LogP contribution in [0.15, 0.2) is 24.3 Å². The van der Waals surface area contributed by atoms with E-state index in [1.807, 2.05) is 24.3 Å². The Bertz CT molecular complexity index is 275. The van der Waals surface area contributed by atoms with Gasteiger partial charge in [-0.2, -0.15) is 0 Å². The molecule has 0 radical (unpaired) electrons. The van der Waals surface area contributed by atoms with E-state index >= 15 is 0 Å². The Labute approximate surface area is 69.9 Å². The third-order valence-corrected chi connectivity index (χ3v) is 1.78. The maximum absolute atomic E-state index is 12.1. The van der Waals surface area contributed by atoms with E-state index in [0.29, 0.717) is 6.61 Å². The van der Waals surface area contributed by atoms with Gasteiger partial charge < -0.3 is 9.47 Å². The Hall–Kier alpha value is -1.09. The quantitative estimate of drug-likeness (QED) is 0.637. The topological polar surface area (TPSA) is 18.5 Å². The zero-order valence-electron chi connectivity index (χ0n) is 6.50. The average Bonchev–Trinajstić information content (AvgIpc) is 2.17. The van der Waals surface area contributed by atoms with Crippen LogP contribution in [0.4, 0.5) is 4.39 Å². The second-order valence-corrected chi connectivity index (χ2v) is 2.62. The van der Waals surface area contributed by atoms with E-state index in [9.17, 15) is 4.39 Å². The van der Waals surface area contributed by atoms with Gasteiger partial charge in [-0.3, -0.25) is 0 Å². The predicted octanol–water partition coefficient (Wildman–Crippen LogP) is 1.89. The maximum Gasteiger partial charge on any atom is 0.228 e. The third kappa shape index (κ3) is 1.28. The van der Waals surface area contributed by atoms with Crippen molar-refractivity contribution in [2.24, 2.45) is 0 Å². The van der Waals surface area contributed by atoms with Crippen molar-refractivity contribution < 1.29 is 13.9 Å². The summed E-state index contributed by atoms with van der Waals surface area (Å²) in [6.07, 6.45) is -0.722. The lowest BCUT2D eigenvalue weighted by atomic mass is 10.2. The summed E-state index contributed by atoms with van der Waals surface area (Å²) in [5.74, 6) is 0.728. The van der Waals surface area contributed by atoms with Crippen molar-refractivity contribution in [1.82, 2.24) is 0 Å². The fraction of sp³-hybridized carbons (Fsp3) is 0.333. The lowest BCUT2D eigenvalue weighted by molar-refractivity contribution is -0.117. The molecule has 0 spiro atoms. The highest BCUT2D eigenvalue weighted by Crippen LogP contribution is 2.25. The van der Waals surface area contributed by atoms with Gasteiger partial charge >= 0.3 is 0 Å². The average molecular weight is 168 g/mol. The standard InChI is InChI=1S/C9H9FO2/c10-5-9-11-6-7-3-1-2-4-8(7)12-9/h1-4,9H,5-6H2. The molecule has 0 amide bonds. The number of halogens is 1. The van der Waals surface area contributed by atoms with Crippen LogP contribution >= 0.6 is 0 Å². The first-order valence-corrected chi connectivity index (χ1v) is 3.82. The Balaban J connectivity index is 2.23. The number of hydrogen-bond donors (Lipinski definition) is 0. The van der Waals surface area contributed by atoms with Gasteiger partial charge in [-0.25, -0.2) is 4.39 Å². The molecule has 0 aromatic heterocycles. The first kappa shape index (κ1) is 7.55. The highest BCUT2D eigenvalue weighted by atomic mass is 19.1. The van der Waals surface area contributed by atoms with Crippen molar-refractivity contribution in [2.45, 2.75) is 12.9 Å². The van der Waals surface area contributed by atoms with Crippen molar-refractivity contribution in [2.75, 3.05) is 6.67 Å². The van der Waals surface area contributed by atoms with Crippen molar-refractivity contribution in [1.29, 1.82) is 0 Å². The number of ether oxygens (including phenoxy) is 2. The molecule has 0 bridgehead atoms. The van der Waals surface area contributed by atoms with Gasteiger partial charge in [-0.1, -0.05) is 18.2 Å². The zero-order chi connectivity index (χ0) is 8.39. The SMILES string of the molecule is FCC1OCc2ccccc2O1. The van der Waals surface area contributed by atoms with Crippen LogP contribution in [0.3, 0.4) is 0 Å². The molecule has 2 rings (SSSR count). The predicted molar refractivity (Wildman–Crippen MR) is 41.6 cm³/mol. The van der Waals surface area contributed by atoms with Gasteiger partial charge in [0.15, 0.2) is 6.67 Å². The summed E-state index contributed by atoms with van der Waals surface area (Å²) in [6.45, 7) is -0.168. The fourth-order valence-corrected chi connectivity index (χ4v) is 1.17. The second-order valence-electron chi connectivity index (χ2n) is 2.62. The fourth-order valence-electron chi connectivity index (χ4n) is 1.17. The van der Waals surface area contributed by atoms with Gasteiger partial charge in [0.1, 0.15) is 5.75 Å². The minimum Gasteiger partial charge on any atom is -0.462 e. The molecule has 1 unspecified atom stereocenters. The van der Waals surface area contributed by atoms with Gasteiger partial charge in [-0.05, 0) is 6.07 Å². The highest BCUT2D eigenvalue weighted by molar-refractivity contribution is 5.33. The van der Waals surface area contributed by atoms with Gasteiger partial charge in [0.05, 0.1) is 6.61 Å². The molecule has 3 heteroatoms. The molecule has 0 fully saturated rings. The number of fused-ring (bicyclic) bond motifs is 1. The molecule has 0 saturated heterocycles. The molecule has 1 atom stereocenters. The molecule has 1 heterocycles. The molecule has 64 valence electrons. The van der Waals surface area contributed by atoms with E-state index < -0.39 is 13.0 Å². The van der Waals surface area contributed by atoms with Crippen molar-refractivity contribution in [3.8, 4) is 5.75 Å². The molecule has 0 aliphatic carbocycles. The first-order chi connectivity index (χ1) is 5.90. The summed E-state index contributed by atoms with van der Waals surface area (Å²) in [7, 11) is 0. The number of rotatable bonds is 1. The van der Waals surface area contributed by atoms with Crippen molar-refractivity contribution >= 4 is 0 Å². The molecule has 0 N–H and O–H groups in total. The first-order valence-electron chi connectivity index (χ1n) is 3.82. The van der Waals surface area contributed by atoms with Crippen LogP contribution in [0.2, 0.25) is 0 Å². The van der Waals surface area contributed by atoms with Gasteiger partial charge in [0.2, 0.25) is 6.29 Å². The molecule has 12 heavy (non-hydrogen) atoms. The number of hydrogen-bond acceptors (Lipinski definition) is 2. The van der Waals surface area contributed by atoms with Crippen LogP contribution in [0.1, 0.15) is 5.56 Å². The Morgan fingerprint density at radius 1 is 1.42 bits per heavy atom. The Morgan fingerprint density at radius 2 is 2.25 bits per heavy atom. The van der Waals surface area contributed by atoms with Gasteiger partial charge in [-0.15, -0.1) is 0 Å². The number of para-hydroxylation sites is 1. The van der Waals surface area contributed by atoms with Crippen LogP contribution < -0.4 is 4.74 Å². The molecule has 1 aromatic rings. The highest BCUT2D eigenvalue weighted by Gasteiger charge is 2.18. The summed E-state index contributed by atoms with van der Waals surface area (Å²) in [5, 5.41) is 0. The van der Waals surface area contributed by atoms with E-state index in [0.717, 1.165) is 11.3 Å². The smallest absolute Gasteiger partial charge is 0.228 e. The summed E-state index contributed by atoms with van der Waals surface area (Å²) in [4.78, 5) is 0. The van der Waals surface area contributed by atoms with Crippen molar-refractivity contribution in [3.05, 3.63) is 29.8 Å². The largest absolute Gasteiger partial charge is 0.462 e. The summed E-state index contributed by atoms with van der Waals surface area (Å²) >= 11 is 0. The molecular formula is C9H9FO2. The number of benzene rings is 1. The van der Waals surface area contributed by atoms with Crippen molar-refractivity contribution in [3.63, 3.8) is 0 Å². The van der Waals surface area contributed by atoms with E-state index in [1.165, 1.54) is 0 Å². The molecule has 1 aromatic carbocycles. The van der Waals surface area contributed by atoms with Gasteiger partial charge in [0.25, 0.3) is 0 Å². The summed E-state index contributed by atoms with van der Waals surface area (Å²) in [5.41, 5.74) is 0.974. The van der Waals surface area contributed by atoms with Gasteiger partial charge in [0, 0.05) is 5.56 Å². The molecule has 1 aliphatic rings. The molecule has 1 aliphatic heterocycles. The lowest BCUT2D eigenvalue weighted by Crippen LogP contribution is -2.27. The molecule has 2 nitrogen and oxygen atoms in total. The lowest BCUT2D eigenvalue weighted by Gasteiger charge is -2.23. The Morgan fingerprint density at radius 3 is 3.08 bits per heavy atom. The third-order valence-electron chi connectivity index (χ3n) is 1.78.